The van der Waals surface area contributed by atoms with E-state index in [1.54, 1.807) is 0 Å². The number of hydrogen-bond donors (Lipinski definition) is 1. The van der Waals surface area contributed by atoms with Gasteiger partial charge in [0.15, 0.2) is 0 Å². The van der Waals surface area contributed by atoms with Gasteiger partial charge in [-0.1, -0.05) is 0 Å². The van der Waals surface area contributed by atoms with Crippen molar-refractivity contribution in [2.75, 3.05) is 0 Å². The van der Waals surface area contributed by atoms with Crippen LogP contribution in [0.25, 0.3) is 11.0 Å². The van der Waals surface area contributed by atoms with Crippen molar-refractivity contribution >= 4 is 11.0 Å². The fourth-order valence-corrected chi connectivity index (χ4v) is 1.05. The summed E-state index contributed by atoms with van der Waals surface area (Å²) in [6, 6.07) is 0. The number of fused-ring (bicyclic) bond motifs is 1. The van der Waals surface area contributed by atoms with Gasteiger partial charge in [-0.2, -0.15) is 0 Å². The summed E-state index contributed by atoms with van der Waals surface area (Å²) in [6.07, 6.45) is 3.71. The van der Waals surface area contributed by atoms with Crippen molar-refractivity contribution in [2.24, 2.45) is 0 Å². The molecule has 0 atom stereocenters. The Morgan fingerprint density at radius 1 is 1.00 bits per heavy atom. The highest BCUT2D eigenvalue weighted by molar-refractivity contribution is 5.73. The van der Waals surface area contributed by atoms with Crippen LogP contribution in [0, 0.1) is 13.8 Å². The van der Waals surface area contributed by atoms with E-state index in [4.69, 9.17) is 0 Å². The summed E-state index contributed by atoms with van der Waals surface area (Å²) in [6.45, 7) is 3.93. The van der Waals surface area contributed by atoms with Crippen molar-refractivity contribution in [3.63, 3.8) is 0 Å². The van der Waals surface area contributed by atoms with Gasteiger partial charge in [-0.3, -0.25) is 0 Å². The summed E-state index contributed by atoms with van der Waals surface area (Å²) in [5, 5.41) is 0. The number of aromatic nitrogens is 3. The average Bonchev–Trinajstić information content (AvgIpc) is 2.36. The minimum absolute atomic E-state index is 0.938. The smallest absolute Gasteiger partial charge is 0.106 e. The maximum Gasteiger partial charge on any atom is 0.106 e. The Hall–Kier alpha value is -1.38. The van der Waals surface area contributed by atoms with Crippen molar-refractivity contribution in [2.45, 2.75) is 13.8 Å². The lowest BCUT2D eigenvalue weighted by molar-refractivity contribution is 1.11. The Bertz CT molecular complexity index is 353. The molecule has 0 saturated heterocycles. The zero-order valence-electron chi connectivity index (χ0n) is 6.55. The van der Waals surface area contributed by atoms with Crippen LogP contribution in [0.3, 0.4) is 0 Å². The Balaban J connectivity index is 2.86. The summed E-state index contributed by atoms with van der Waals surface area (Å²) in [5.41, 5.74) is 3.87. The van der Waals surface area contributed by atoms with Crippen molar-refractivity contribution in [1.82, 2.24) is 15.0 Å². The molecule has 0 bridgehead atoms. The van der Waals surface area contributed by atoms with Crippen molar-refractivity contribution in [3.8, 4) is 0 Å². The highest BCUT2D eigenvalue weighted by Gasteiger charge is 1.99. The van der Waals surface area contributed by atoms with Crippen LogP contribution in [0.5, 0.6) is 0 Å². The maximum atomic E-state index is 4.34. The fraction of sp³-hybridized carbons (Fsp3) is 0.250. The van der Waals surface area contributed by atoms with Crippen LogP contribution >= 0.6 is 0 Å². The molecule has 2 aromatic heterocycles. The molecule has 0 saturated carbocycles. The van der Waals surface area contributed by atoms with Gasteiger partial charge in [0.2, 0.25) is 0 Å². The van der Waals surface area contributed by atoms with E-state index in [0.29, 0.717) is 0 Å². The minimum Gasteiger partial charge on any atom is -0.364 e. The summed E-state index contributed by atoms with van der Waals surface area (Å²) in [5.74, 6) is 0. The highest BCUT2D eigenvalue weighted by Crippen LogP contribution is 2.09. The molecule has 2 aromatic rings. The van der Waals surface area contributed by atoms with Crippen LogP contribution in [0.2, 0.25) is 0 Å². The molecule has 0 radical (unpaired) electrons. The first-order valence-electron chi connectivity index (χ1n) is 3.55. The van der Waals surface area contributed by atoms with Crippen LogP contribution in [0.1, 0.15) is 11.4 Å². The Kier molecular flexibility index (Phi) is 1.18. The van der Waals surface area contributed by atoms with Gasteiger partial charge in [-0.25, -0.2) is 9.97 Å². The third-order valence-corrected chi connectivity index (χ3v) is 1.80. The zero-order valence-corrected chi connectivity index (χ0v) is 6.55. The molecule has 1 N–H and O–H groups in total. The Morgan fingerprint density at radius 2 is 1.45 bits per heavy atom. The molecule has 0 aromatic carbocycles. The Labute approximate surface area is 64.5 Å². The molecule has 2 rings (SSSR count). The van der Waals surface area contributed by atoms with E-state index >= 15 is 0 Å². The molecule has 11 heavy (non-hydrogen) atoms. The van der Waals surface area contributed by atoms with Crippen LogP contribution < -0.4 is 0 Å². The maximum absolute atomic E-state index is 4.34. The van der Waals surface area contributed by atoms with Crippen LogP contribution in [-0.2, 0) is 0 Å². The van der Waals surface area contributed by atoms with Gasteiger partial charge < -0.3 is 4.98 Å². The zero-order chi connectivity index (χ0) is 7.84. The van der Waals surface area contributed by atoms with Gasteiger partial charge in [-0.15, -0.1) is 0 Å². The third-order valence-electron chi connectivity index (χ3n) is 1.80. The Morgan fingerprint density at radius 3 is 1.91 bits per heavy atom. The van der Waals surface area contributed by atoms with E-state index in [-0.39, 0.29) is 0 Å². The standard InChI is InChI=1S/C8H9N3/c1-5-6(2)11-8-4-9-3-7(8)10-5/h3-4,9H,1-2H3. The number of rotatable bonds is 0. The monoisotopic (exact) mass is 147 g/mol. The summed E-state index contributed by atoms with van der Waals surface area (Å²) < 4.78 is 0. The van der Waals surface area contributed by atoms with E-state index in [9.17, 15) is 0 Å². The minimum atomic E-state index is 0.938. The van der Waals surface area contributed by atoms with Gasteiger partial charge in [0.05, 0.1) is 11.4 Å². The second kappa shape index (κ2) is 2.05. The molecule has 0 aliphatic heterocycles. The molecule has 0 aliphatic carbocycles. The first kappa shape index (κ1) is 6.34. The molecule has 56 valence electrons. The predicted octanol–water partition coefficient (Wildman–Crippen LogP) is 1.57. The first-order valence-corrected chi connectivity index (χ1v) is 3.55. The summed E-state index contributed by atoms with van der Waals surface area (Å²) >= 11 is 0. The van der Waals surface area contributed by atoms with E-state index in [0.717, 1.165) is 22.4 Å². The molecule has 0 unspecified atom stereocenters. The molecule has 3 nitrogen and oxygen atoms in total. The first-order chi connectivity index (χ1) is 5.27. The van der Waals surface area contributed by atoms with Gasteiger partial charge in [0, 0.05) is 12.4 Å². The van der Waals surface area contributed by atoms with E-state index in [1.807, 2.05) is 26.2 Å². The number of nitrogens with zero attached hydrogens (tertiary/aromatic N) is 2. The predicted molar refractivity (Wildman–Crippen MR) is 43.4 cm³/mol. The fourth-order valence-electron chi connectivity index (χ4n) is 1.05. The molecule has 2 heterocycles. The van der Waals surface area contributed by atoms with Crippen LogP contribution in [0.15, 0.2) is 12.4 Å². The van der Waals surface area contributed by atoms with Crippen molar-refractivity contribution in [3.05, 3.63) is 23.8 Å². The van der Waals surface area contributed by atoms with E-state index in [2.05, 4.69) is 15.0 Å². The lowest BCUT2D eigenvalue weighted by Gasteiger charge is -1.96. The molecule has 0 fully saturated rings. The normalized spacial score (nSPS) is 10.7. The molecular weight excluding hydrogens is 138 g/mol. The number of nitrogens with one attached hydrogen (secondary N) is 1. The third kappa shape index (κ3) is 0.888. The lowest BCUT2D eigenvalue weighted by atomic mass is 10.3. The number of H-pyrrole nitrogens is 1. The number of aryl methyl sites for hydroxylation is 2. The van der Waals surface area contributed by atoms with Crippen molar-refractivity contribution in [1.29, 1.82) is 0 Å². The molecule has 0 spiro atoms. The quantitative estimate of drug-likeness (QED) is 0.614. The SMILES string of the molecule is Cc1nc2c[nH]cc2nc1C. The average molecular weight is 147 g/mol. The van der Waals surface area contributed by atoms with E-state index in [1.165, 1.54) is 0 Å². The van der Waals surface area contributed by atoms with Crippen LogP contribution in [0.4, 0.5) is 0 Å². The second-order valence-corrected chi connectivity index (χ2v) is 2.62. The van der Waals surface area contributed by atoms with Crippen molar-refractivity contribution < 1.29 is 0 Å². The highest BCUT2D eigenvalue weighted by atomic mass is 14.9. The number of hydrogen-bond acceptors (Lipinski definition) is 2. The number of aromatic amines is 1. The van der Waals surface area contributed by atoms with Gasteiger partial charge in [-0.05, 0) is 13.8 Å². The summed E-state index contributed by atoms with van der Waals surface area (Å²) in [7, 11) is 0. The van der Waals surface area contributed by atoms with Gasteiger partial charge in [0.25, 0.3) is 0 Å². The van der Waals surface area contributed by atoms with Gasteiger partial charge in [0.1, 0.15) is 11.0 Å². The molecule has 0 aliphatic rings. The largest absolute Gasteiger partial charge is 0.364 e. The lowest BCUT2D eigenvalue weighted by Crippen LogP contribution is -1.89. The van der Waals surface area contributed by atoms with Crippen LogP contribution in [-0.4, -0.2) is 15.0 Å². The second-order valence-electron chi connectivity index (χ2n) is 2.62. The van der Waals surface area contributed by atoms with E-state index < -0.39 is 0 Å². The topological polar surface area (TPSA) is 41.6 Å². The molecule has 3 heteroatoms. The molecule has 0 amide bonds. The summed E-state index contributed by atoms with van der Waals surface area (Å²) in [4.78, 5) is 11.6. The molecular formula is C8H9N3. The van der Waals surface area contributed by atoms with Gasteiger partial charge >= 0.3 is 0 Å².